The molecule has 0 spiro atoms. The Morgan fingerprint density at radius 3 is 2.91 bits per heavy atom. The van der Waals surface area contributed by atoms with Gasteiger partial charge in [0.05, 0.1) is 19.5 Å². The zero-order chi connectivity index (χ0) is 15.7. The Labute approximate surface area is 149 Å². The second-order valence-corrected chi connectivity index (χ2v) is 9.10. The maximum Gasteiger partial charge on any atom is 0.266 e. The van der Waals surface area contributed by atoms with Gasteiger partial charge in [-0.05, 0) is 40.2 Å². The summed E-state index contributed by atoms with van der Waals surface area (Å²) in [5.41, 5.74) is 0.780. The minimum absolute atomic E-state index is 0.0640. The molecular weight excluding hydrogens is 408 g/mol. The van der Waals surface area contributed by atoms with Gasteiger partial charge in [-0.2, -0.15) is 0 Å². The van der Waals surface area contributed by atoms with Gasteiger partial charge in [0.25, 0.3) is 5.91 Å². The molecule has 2 aromatic rings. The van der Waals surface area contributed by atoms with E-state index in [1.165, 1.54) is 11.3 Å². The lowest BCUT2D eigenvalue weighted by Crippen LogP contribution is -2.35. The number of rotatable bonds is 4. The lowest BCUT2D eigenvalue weighted by Gasteiger charge is -2.18. The molecule has 1 aliphatic heterocycles. The van der Waals surface area contributed by atoms with Crippen LogP contribution in [0.2, 0.25) is 4.34 Å². The van der Waals surface area contributed by atoms with Crippen molar-refractivity contribution in [1.29, 1.82) is 0 Å². The van der Waals surface area contributed by atoms with Crippen LogP contribution >= 0.6 is 50.2 Å². The second-order valence-electron chi connectivity index (χ2n) is 4.84. The topological polar surface area (TPSA) is 41.9 Å². The zero-order valence-corrected chi connectivity index (χ0v) is 15.6. The average Bonchev–Trinajstić information content (AvgIpc) is 3.19. The fraction of sp³-hybridized carbons (Fsp3) is 0.286. The van der Waals surface area contributed by atoms with E-state index in [2.05, 4.69) is 21.1 Å². The SMILES string of the molecule is CN(Cc1ccc(Br)s1)C(=O)C1CC(c2ccc(Cl)s2)=NO1. The Kier molecular flexibility index (Phi) is 4.87. The fourth-order valence-electron chi connectivity index (χ4n) is 2.12. The van der Waals surface area contributed by atoms with Crippen molar-refractivity contribution in [2.45, 2.75) is 19.1 Å². The molecule has 1 aliphatic rings. The summed E-state index contributed by atoms with van der Waals surface area (Å²) in [6.45, 7) is 0.565. The monoisotopic (exact) mass is 418 g/mol. The molecule has 1 amide bonds. The molecular formula is C14H12BrClN2O2S2. The summed E-state index contributed by atoms with van der Waals surface area (Å²) >= 11 is 12.4. The van der Waals surface area contributed by atoms with E-state index in [1.54, 1.807) is 23.3 Å². The first-order chi connectivity index (χ1) is 10.5. The smallest absolute Gasteiger partial charge is 0.266 e. The van der Waals surface area contributed by atoms with Crippen molar-refractivity contribution in [1.82, 2.24) is 4.90 Å². The number of hydrogen-bond acceptors (Lipinski definition) is 5. The van der Waals surface area contributed by atoms with E-state index in [0.29, 0.717) is 17.3 Å². The average molecular weight is 420 g/mol. The molecule has 0 aliphatic carbocycles. The zero-order valence-electron chi connectivity index (χ0n) is 11.6. The van der Waals surface area contributed by atoms with Crippen LogP contribution in [0.25, 0.3) is 0 Å². The highest BCUT2D eigenvalue weighted by atomic mass is 79.9. The second kappa shape index (κ2) is 6.70. The number of carbonyl (C=O) groups is 1. The molecule has 0 radical (unpaired) electrons. The first-order valence-electron chi connectivity index (χ1n) is 6.50. The third-order valence-corrected chi connectivity index (χ3v) is 6.09. The van der Waals surface area contributed by atoms with Crippen LogP contribution in [0.5, 0.6) is 0 Å². The maximum atomic E-state index is 12.4. The molecule has 0 N–H and O–H groups in total. The van der Waals surface area contributed by atoms with Gasteiger partial charge in [0.1, 0.15) is 5.71 Å². The number of nitrogens with zero attached hydrogens (tertiary/aromatic N) is 2. The minimum Gasteiger partial charge on any atom is -0.382 e. The van der Waals surface area contributed by atoms with Gasteiger partial charge < -0.3 is 9.74 Å². The highest BCUT2D eigenvalue weighted by Gasteiger charge is 2.31. The van der Waals surface area contributed by atoms with Crippen LogP contribution < -0.4 is 0 Å². The van der Waals surface area contributed by atoms with Crippen molar-refractivity contribution in [3.8, 4) is 0 Å². The van der Waals surface area contributed by atoms with Crippen LogP contribution in [-0.4, -0.2) is 29.7 Å². The van der Waals surface area contributed by atoms with Crippen molar-refractivity contribution in [2.75, 3.05) is 7.05 Å². The molecule has 3 heterocycles. The molecule has 8 heteroatoms. The van der Waals surface area contributed by atoms with Crippen molar-refractivity contribution < 1.29 is 9.63 Å². The van der Waals surface area contributed by atoms with E-state index < -0.39 is 6.10 Å². The summed E-state index contributed by atoms with van der Waals surface area (Å²) < 4.78 is 1.76. The van der Waals surface area contributed by atoms with Crippen LogP contribution in [0.15, 0.2) is 33.2 Å². The van der Waals surface area contributed by atoms with E-state index in [1.807, 2.05) is 24.3 Å². The van der Waals surface area contributed by atoms with Gasteiger partial charge in [-0.25, -0.2) is 0 Å². The van der Waals surface area contributed by atoms with Gasteiger partial charge in [-0.1, -0.05) is 16.8 Å². The molecule has 1 atom stereocenters. The summed E-state index contributed by atoms with van der Waals surface area (Å²) in [6.07, 6.45) is -0.0713. The quantitative estimate of drug-likeness (QED) is 0.738. The first-order valence-corrected chi connectivity index (χ1v) is 9.31. The van der Waals surface area contributed by atoms with Gasteiger partial charge in [0, 0.05) is 18.3 Å². The number of hydrogen-bond donors (Lipinski definition) is 0. The van der Waals surface area contributed by atoms with Gasteiger partial charge in [-0.15, -0.1) is 22.7 Å². The summed E-state index contributed by atoms with van der Waals surface area (Å²) in [7, 11) is 1.78. The van der Waals surface area contributed by atoms with Crippen molar-refractivity contribution in [3.63, 3.8) is 0 Å². The number of oxime groups is 1. The highest BCUT2D eigenvalue weighted by molar-refractivity contribution is 9.11. The third-order valence-electron chi connectivity index (χ3n) is 3.20. The molecule has 0 saturated heterocycles. The van der Waals surface area contributed by atoms with E-state index >= 15 is 0 Å². The van der Waals surface area contributed by atoms with E-state index in [4.69, 9.17) is 16.4 Å². The molecule has 116 valence electrons. The molecule has 0 fully saturated rings. The molecule has 0 aromatic carbocycles. The van der Waals surface area contributed by atoms with Crippen LogP contribution in [0.1, 0.15) is 16.2 Å². The third kappa shape index (κ3) is 3.53. The minimum atomic E-state index is -0.552. The summed E-state index contributed by atoms with van der Waals surface area (Å²) in [6, 6.07) is 7.70. The molecule has 22 heavy (non-hydrogen) atoms. The highest BCUT2D eigenvalue weighted by Crippen LogP contribution is 2.27. The maximum absolute atomic E-state index is 12.4. The standard InChI is InChI=1S/C14H12BrClN2O2S2/c1-18(7-8-2-4-12(15)21-8)14(19)10-6-9(17-20-10)11-3-5-13(16)22-11/h2-5,10H,6-7H2,1H3. The summed E-state index contributed by atoms with van der Waals surface area (Å²) in [4.78, 5) is 21.5. The molecule has 4 nitrogen and oxygen atoms in total. The number of likely N-dealkylation sites (N-methyl/N-ethyl adjacent to an activating group) is 1. The Bertz CT molecular complexity index is 728. The first kappa shape index (κ1) is 16.0. The van der Waals surface area contributed by atoms with Gasteiger partial charge in [-0.3, -0.25) is 4.79 Å². The van der Waals surface area contributed by atoms with Crippen molar-refractivity contribution >= 4 is 61.8 Å². The summed E-state index contributed by atoms with van der Waals surface area (Å²) in [5.74, 6) is -0.0640. The van der Waals surface area contributed by atoms with Crippen LogP contribution in [0, 0.1) is 0 Å². The Balaban J connectivity index is 1.60. The molecule has 3 rings (SSSR count). The Morgan fingerprint density at radius 2 is 2.27 bits per heavy atom. The van der Waals surface area contributed by atoms with Crippen molar-refractivity contribution in [3.05, 3.63) is 42.1 Å². The van der Waals surface area contributed by atoms with Crippen molar-refractivity contribution in [2.24, 2.45) is 5.16 Å². The number of amides is 1. The van der Waals surface area contributed by atoms with E-state index in [0.717, 1.165) is 19.3 Å². The molecule has 0 saturated carbocycles. The van der Waals surface area contributed by atoms with Gasteiger partial charge in [0.15, 0.2) is 0 Å². The van der Waals surface area contributed by atoms with Crippen LogP contribution in [-0.2, 0) is 16.2 Å². The molecule has 1 unspecified atom stereocenters. The Hall–Kier alpha value is -0.890. The lowest BCUT2D eigenvalue weighted by atomic mass is 10.1. The number of carbonyl (C=O) groups excluding carboxylic acids is 1. The predicted octanol–water partition coefficient (Wildman–Crippen LogP) is 4.38. The van der Waals surface area contributed by atoms with Crippen LogP contribution in [0.4, 0.5) is 0 Å². The van der Waals surface area contributed by atoms with Crippen LogP contribution in [0.3, 0.4) is 0 Å². The fourth-order valence-corrected chi connectivity index (χ4v) is 4.69. The predicted molar refractivity (Wildman–Crippen MR) is 93.8 cm³/mol. The van der Waals surface area contributed by atoms with E-state index in [-0.39, 0.29) is 5.91 Å². The lowest BCUT2D eigenvalue weighted by molar-refractivity contribution is -0.141. The molecule has 2 aromatic heterocycles. The number of thiophene rings is 2. The normalized spacial score (nSPS) is 17.2. The van der Waals surface area contributed by atoms with Gasteiger partial charge in [0.2, 0.25) is 6.10 Å². The summed E-state index contributed by atoms with van der Waals surface area (Å²) in [5, 5.41) is 4.03. The van der Waals surface area contributed by atoms with E-state index in [9.17, 15) is 4.79 Å². The largest absolute Gasteiger partial charge is 0.382 e. The number of halogens is 2. The molecule has 0 bridgehead atoms. The Morgan fingerprint density at radius 1 is 1.45 bits per heavy atom. The van der Waals surface area contributed by atoms with Gasteiger partial charge >= 0.3 is 0 Å².